The SMILES string of the molecule is Cc1cccc(OC2CCN(C(=O)CCC3(CCC(=O)O)CCC(=O)N3)CC2)c1. The summed E-state index contributed by atoms with van der Waals surface area (Å²) in [6.07, 6.45) is 3.87. The fourth-order valence-corrected chi connectivity index (χ4v) is 4.23. The summed E-state index contributed by atoms with van der Waals surface area (Å²) in [6, 6.07) is 7.98. The number of piperidine rings is 1. The summed E-state index contributed by atoms with van der Waals surface area (Å²) in [7, 11) is 0. The van der Waals surface area contributed by atoms with Crippen LogP contribution in [0.15, 0.2) is 24.3 Å². The van der Waals surface area contributed by atoms with Gasteiger partial charge in [-0.25, -0.2) is 0 Å². The fourth-order valence-electron chi connectivity index (χ4n) is 4.23. The van der Waals surface area contributed by atoms with E-state index in [-0.39, 0.29) is 24.3 Å². The van der Waals surface area contributed by atoms with E-state index in [0.717, 1.165) is 24.2 Å². The van der Waals surface area contributed by atoms with E-state index in [0.29, 0.717) is 45.2 Å². The number of amides is 2. The Balaban J connectivity index is 1.46. The maximum Gasteiger partial charge on any atom is 0.303 e. The minimum atomic E-state index is -0.882. The molecule has 0 saturated carbocycles. The van der Waals surface area contributed by atoms with Gasteiger partial charge in [0.05, 0.1) is 0 Å². The fraction of sp³-hybridized carbons (Fsp3) is 0.591. The van der Waals surface area contributed by atoms with Crippen LogP contribution in [0.2, 0.25) is 0 Å². The van der Waals surface area contributed by atoms with Crippen LogP contribution in [0.4, 0.5) is 0 Å². The molecule has 0 aromatic heterocycles. The highest BCUT2D eigenvalue weighted by Gasteiger charge is 2.38. The molecule has 7 heteroatoms. The molecule has 29 heavy (non-hydrogen) atoms. The van der Waals surface area contributed by atoms with Crippen molar-refractivity contribution in [3.8, 4) is 5.75 Å². The quantitative estimate of drug-likeness (QED) is 0.697. The summed E-state index contributed by atoms with van der Waals surface area (Å²) in [5.74, 6) is -0.00791. The van der Waals surface area contributed by atoms with Gasteiger partial charge in [0.2, 0.25) is 11.8 Å². The molecule has 0 aliphatic carbocycles. The van der Waals surface area contributed by atoms with Gasteiger partial charge >= 0.3 is 5.97 Å². The van der Waals surface area contributed by atoms with E-state index in [1.54, 1.807) is 0 Å². The third-order valence-corrected chi connectivity index (χ3v) is 5.96. The highest BCUT2D eigenvalue weighted by atomic mass is 16.5. The van der Waals surface area contributed by atoms with Gasteiger partial charge in [0, 0.05) is 50.7 Å². The Morgan fingerprint density at radius 3 is 2.59 bits per heavy atom. The van der Waals surface area contributed by atoms with Crippen molar-refractivity contribution in [1.29, 1.82) is 0 Å². The molecule has 2 amide bonds. The van der Waals surface area contributed by atoms with Crippen LogP contribution in [0.1, 0.15) is 56.9 Å². The van der Waals surface area contributed by atoms with Gasteiger partial charge in [-0.1, -0.05) is 12.1 Å². The van der Waals surface area contributed by atoms with Crippen molar-refractivity contribution in [3.63, 3.8) is 0 Å². The number of carbonyl (C=O) groups is 3. The van der Waals surface area contributed by atoms with E-state index in [4.69, 9.17) is 9.84 Å². The molecule has 2 aliphatic heterocycles. The molecule has 2 saturated heterocycles. The van der Waals surface area contributed by atoms with E-state index in [9.17, 15) is 14.4 Å². The first kappa shape index (κ1) is 21.1. The van der Waals surface area contributed by atoms with Crippen molar-refractivity contribution < 1.29 is 24.2 Å². The zero-order chi connectivity index (χ0) is 20.9. The topological polar surface area (TPSA) is 95.9 Å². The monoisotopic (exact) mass is 402 g/mol. The molecule has 2 heterocycles. The molecule has 7 nitrogen and oxygen atoms in total. The molecule has 2 N–H and O–H groups in total. The van der Waals surface area contributed by atoms with Gasteiger partial charge in [0.15, 0.2) is 0 Å². The highest BCUT2D eigenvalue weighted by Crippen LogP contribution is 2.31. The summed E-state index contributed by atoms with van der Waals surface area (Å²) in [4.78, 5) is 37.2. The van der Waals surface area contributed by atoms with E-state index >= 15 is 0 Å². The maximum atomic E-state index is 12.7. The molecule has 0 radical (unpaired) electrons. The lowest BCUT2D eigenvalue weighted by atomic mass is 9.86. The predicted molar refractivity (Wildman–Crippen MR) is 108 cm³/mol. The van der Waals surface area contributed by atoms with Crippen molar-refractivity contribution in [2.24, 2.45) is 0 Å². The maximum absolute atomic E-state index is 12.7. The van der Waals surface area contributed by atoms with E-state index in [2.05, 4.69) is 5.32 Å². The first-order chi connectivity index (χ1) is 13.8. The molecule has 2 aliphatic rings. The van der Waals surface area contributed by atoms with Gasteiger partial charge in [-0.05, 0) is 43.9 Å². The first-order valence-electron chi connectivity index (χ1n) is 10.4. The number of nitrogens with one attached hydrogen (secondary N) is 1. The molecule has 3 rings (SSSR count). The van der Waals surface area contributed by atoms with Gasteiger partial charge < -0.3 is 20.1 Å². The molecule has 1 atom stereocenters. The second-order valence-corrected chi connectivity index (χ2v) is 8.24. The number of hydrogen-bond acceptors (Lipinski definition) is 4. The van der Waals surface area contributed by atoms with Crippen LogP contribution in [-0.4, -0.2) is 52.5 Å². The predicted octanol–water partition coefficient (Wildman–Crippen LogP) is 2.66. The van der Waals surface area contributed by atoms with Crippen molar-refractivity contribution in [3.05, 3.63) is 29.8 Å². The minimum Gasteiger partial charge on any atom is -0.490 e. The number of carboxylic acid groups (broad SMARTS) is 1. The molecule has 0 spiro atoms. The third kappa shape index (κ3) is 5.95. The van der Waals surface area contributed by atoms with E-state index < -0.39 is 11.5 Å². The summed E-state index contributed by atoms with van der Waals surface area (Å²) >= 11 is 0. The number of likely N-dealkylation sites (tertiary alicyclic amines) is 1. The molecule has 158 valence electrons. The Bertz CT molecular complexity index is 757. The summed E-state index contributed by atoms with van der Waals surface area (Å²) in [5.41, 5.74) is 0.600. The van der Waals surface area contributed by atoms with Crippen LogP contribution in [0, 0.1) is 6.92 Å². The number of nitrogens with zero attached hydrogens (tertiary/aromatic N) is 1. The summed E-state index contributed by atoms with van der Waals surface area (Å²) < 4.78 is 6.05. The van der Waals surface area contributed by atoms with Gasteiger partial charge in [0.25, 0.3) is 0 Å². The molecular weight excluding hydrogens is 372 g/mol. The normalized spacial score (nSPS) is 22.4. The largest absolute Gasteiger partial charge is 0.490 e. The van der Waals surface area contributed by atoms with Crippen molar-refractivity contribution >= 4 is 17.8 Å². The van der Waals surface area contributed by atoms with Crippen LogP contribution in [0.25, 0.3) is 0 Å². The molecule has 1 aromatic rings. The average Bonchev–Trinajstić information content (AvgIpc) is 3.06. The number of aliphatic carboxylic acids is 1. The highest BCUT2D eigenvalue weighted by molar-refractivity contribution is 5.80. The van der Waals surface area contributed by atoms with Crippen LogP contribution in [0.3, 0.4) is 0 Å². The van der Waals surface area contributed by atoms with E-state index in [1.165, 1.54) is 0 Å². The lowest BCUT2D eigenvalue weighted by Crippen LogP contribution is -2.45. The standard InChI is InChI=1S/C22H30N2O5/c1-16-3-2-4-18(15-16)29-17-8-13-24(14-9-17)20(26)6-11-22(12-7-21(27)28)10-5-19(25)23-22/h2-4,15,17H,5-14H2,1H3,(H,23,25)(H,27,28). The van der Waals surface area contributed by atoms with E-state index in [1.807, 2.05) is 36.1 Å². The molecule has 2 fully saturated rings. The number of benzene rings is 1. The number of aryl methyl sites for hydroxylation is 1. The smallest absolute Gasteiger partial charge is 0.303 e. The Hall–Kier alpha value is -2.57. The lowest BCUT2D eigenvalue weighted by molar-refractivity contribution is -0.137. The number of carbonyl (C=O) groups excluding carboxylic acids is 2. The van der Waals surface area contributed by atoms with Crippen LogP contribution in [-0.2, 0) is 14.4 Å². The van der Waals surface area contributed by atoms with Gasteiger partial charge in [0.1, 0.15) is 11.9 Å². The average molecular weight is 402 g/mol. The number of carboxylic acids is 1. The van der Waals surface area contributed by atoms with Gasteiger partial charge in [-0.2, -0.15) is 0 Å². The Labute approximate surface area is 171 Å². The lowest BCUT2D eigenvalue weighted by Gasteiger charge is -2.34. The summed E-state index contributed by atoms with van der Waals surface area (Å²) in [5, 5.41) is 11.9. The zero-order valence-electron chi connectivity index (χ0n) is 17.0. The van der Waals surface area contributed by atoms with Crippen molar-refractivity contribution in [1.82, 2.24) is 10.2 Å². The molecular formula is C22H30N2O5. The zero-order valence-corrected chi connectivity index (χ0v) is 17.0. The third-order valence-electron chi connectivity index (χ3n) is 5.96. The molecule has 0 bridgehead atoms. The number of hydrogen-bond donors (Lipinski definition) is 2. The minimum absolute atomic E-state index is 0.00381. The van der Waals surface area contributed by atoms with Crippen molar-refractivity contribution in [2.75, 3.05) is 13.1 Å². The summed E-state index contributed by atoms with van der Waals surface area (Å²) in [6.45, 7) is 3.34. The van der Waals surface area contributed by atoms with Crippen molar-refractivity contribution in [2.45, 2.75) is 69.9 Å². The van der Waals surface area contributed by atoms with Crippen LogP contribution < -0.4 is 10.1 Å². The number of ether oxygens (including phenoxy) is 1. The Kier molecular flexibility index (Phi) is 6.77. The molecule has 1 unspecified atom stereocenters. The van der Waals surface area contributed by atoms with Crippen LogP contribution in [0.5, 0.6) is 5.75 Å². The molecule has 1 aromatic carbocycles. The Morgan fingerprint density at radius 1 is 1.24 bits per heavy atom. The van der Waals surface area contributed by atoms with Crippen LogP contribution >= 0.6 is 0 Å². The second kappa shape index (κ2) is 9.29. The second-order valence-electron chi connectivity index (χ2n) is 8.24. The number of rotatable bonds is 8. The first-order valence-corrected chi connectivity index (χ1v) is 10.4. The van der Waals surface area contributed by atoms with Gasteiger partial charge in [-0.15, -0.1) is 0 Å². The Morgan fingerprint density at radius 2 is 1.97 bits per heavy atom. The van der Waals surface area contributed by atoms with Gasteiger partial charge in [-0.3, -0.25) is 14.4 Å².